The van der Waals surface area contributed by atoms with Gasteiger partial charge in [0, 0.05) is 30.9 Å². The number of benzene rings is 3. The van der Waals surface area contributed by atoms with E-state index in [2.05, 4.69) is 40.7 Å². The molecule has 0 unspecified atom stereocenters. The van der Waals surface area contributed by atoms with Crippen LogP contribution in [0.5, 0.6) is 5.75 Å². The molecule has 0 fully saturated rings. The third kappa shape index (κ3) is 8.96. The summed E-state index contributed by atoms with van der Waals surface area (Å²) >= 11 is 0. The normalized spacial score (nSPS) is 10.9. The molecule has 3 aromatic carbocycles. The maximum Gasteiger partial charge on any atom is 1.00 e. The van der Waals surface area contributed by atoms with Crippen LogP contribution in [0.15, 0.2) is 52.7 Å². The van der Waals surface area contributed by atoms with Crippen LogP contribution in [-0.2, 0) is 9.63 Å². The third-order valence-corrected chi connectivity index (χ3v) is 6.37. The smallest absolute Gasteiger partial charge is 0.545 e. The Morgan fingerprint density at radius 1 is 1.02 bits per heavy atom. The molecule has 17 nitrogen and oxygen atoms in total. The van der Waals surface area contributed by atoms with Gasteiger partial charge in [-0.05, 0) is 48.2 Å². The van der Waals surface area contributed by atoms with E-state index in [9.17, 15) is 30.0 Å². The molecular formula is C28H31N10NaO7. The number of carboxylic acids is 1. The molecule has 236 valence electrons. The fourth-order valence-corrected chi connectivity index (χ4v) is 4.32. The molecule has 4 rings (SSSR count). The molecule has 1 aromatic heterocycles. The first-order chi connectivity index (χ1) is 21.6. The predicted molar refractivity (Wildman–Crippen MR) is 163 cm³/mol. The Bertz CT molecular complexity index is 1740. The third-order valence-electron chi connectivity index (χ3n) is 6.37. The van der Waals surface area contributed by atoms with Crippen LogP contribution in [0.25, 0.3) is 10.8 Å². The maximum absolute atomic E-state index is 12.1. The standard InChI is InChI=1S/C28H32N10O7.Na/c1-15-12-16-2-4-19(29)24(23(16)21(41)13-15)37-36-20-5-3-17(14-18(20)25(43)44)32-27-33-26(31-7-6-22(42)45-30)34-28(35-27)38(8-10-39)9-11-40;/h2-5,12-14,39-41H,6-11,29-30H2,1H3,(H,43,44)(H2,31,32,33,34,35);/q;+1/p-1. The Kier molecular flexibility index (Phi) is 12.9. The second kappa shape index (κ2) is 16.6. The molecule has 1 heterocycles. The van der Waals surface area contributed by atoms with E-state index in [-0.39, 0.29) is 121 Å². The van der Waals surface area contributed by atoms with Gasteiger partial charge in [-0.2, -0.15) is 20.8 Å². The summed E-state index contributed by atoms with van der Waals surface area (Å²) in [6.07, 6.45) is -0.0913. The second-order valence-electron chi connectivity index (χ2n) is 9.61. The predicted octanol–water partition coefficient (Wildman–Crippen LogP) is -1.84. The van der Waals surface area contributed by atoms with Crippen molar-refractivity contribution in [2.24, 2.45) is 16.1 Å². The number of carboxylic acid groups (broad SMARTS) is 1. The zero-order valence-electron chi connectivity index (χ0n) is 25.1. The SMILES string of the molecule is Cc1cc(O)c2c(N=Nc3ccc(Nc4nc(NCCC(=O)ON)nc(N(CCO)CCO)n4)cc3C(=O)[O-])c(N)ccc2c1.[Na+]. The number of rotatable bonds is 14. The van der Waals surface area contributed by atoms with E-state index in [1.54, 1.807) is 18.2 Å². The molecule has 0 amide bonds. The molecule has 0 aliphatic rings. The number of phenols is 1. The molecule has 9 N–H and O–H groups in total. The average molecular weight is 643 g/mol. The Balaban J connectivity index is 0.00000576. The number of nitrogens with one attached hydrogen (secondary N) is 2. The van der Waals surface area contributed by atoms with Gasteiger partial charge in [0.1, 0.15) is 11.4 Å². The number of phenolic OH excluding ortho intramolecular Hbond substituents is 1. The number of nitrogens with zero attached hydrogens (tertiary/aromatic N) is 6. The minimum absolute atomic E-state index is 0. The van der Waals surface area contributed by atoms with Crippen LogP contribution in [0.4, 0.5) is 40.6 Å². The van der Waals surface area contributed by atoms with Crippen molar-refractivity contribution >= 4 is 63.3 Å². The van der Waals surface area contributed by atoms with Crippen molar-refractivity contribution in [1.29, 1.82) is 0 Å². The van der Waals surface area contributed by atoms with Crippen LogP contribution in [0.2, 0.25) is 0 Å². The number of fused-ring (bicyclic) bond motifs is 1. The van der Waals surface area contributed by atoms with Gasteiger partial charge in [0.2, 0.25) is 17.8 Å². The number of nitrogen functional groups attached to an aromatic ring is 1. The molecule has 0 radical (unpaired) electrons. The molecule has 0 aliphatic carbocycles. The number of carbonyl (C=O) groups is 2. The van der Waals surface area contributed by atoms with Crippen LogP contribution < -0.4 is 61.8 Å². The minimum Gasteiger partial charge on any atom is -0.545 e. The Morgan fingerprint density at radius 3 is 2.41 bits per heavy atom. The number of nitrogens with two attached hydrogens (primary N) is 2. The Morgan fingerprint density at radius 2 is 1.74 bits per heavy atom. The summed E-state index contributed by atoms with van der Waals surface area (Å²) in [7, 11) is 0. The van der Waals surface area contributed by atoms with Crippen LogP contribution in [0.3, 0.4) is 0 Å². The number of aryl methyl sites for hydroxylation is 1. The number of aliphatic hydroxyl groups excluding tert-OH is 2. The summed E-state index contributed by atoms with van der Waals surface area (Å²) in [5.41, 5.74) is 7.20. The molecule has 0 bridgehead atoms. The van der Waals surface area contributed by atoms with E-state index in [4.69, 9.17) is 11.6 Å². The van der Waals surface area contributed by atoms with E-state index in [0.29, 0.717) is 10.8 Å². The van der Waals surface area contributed by atoms with Crippen molar-refractivity contribution in [3.05, 3.63) is 53.6 Å². The number of hydrogen-bond acceptors (Lipinski definition) is 17. The van der Waals surface area contributed by atoms with Gasteiger partial charge in [0.25, 0.3) is 0 Å². The van der Waals surface area contributed by atoms with E-state index in [1.165, 1.54) is 23.1 Å². The largest absolute Gasteiger partial charge is 1.00 e. The monoisotopic (exact) mass is 642 g/mol. The quantitative estimate of drug-likeness (QED) is 0.0344. The zero-order valence-corrected chi connectivity index (χ0v) is 27.1. The first kappa shape index (κ1) is 35.8. The summed E-state index contributed by atoms with van der Waals surface area (Å²) < 4.78 is 0. The summed E-state index contributed by atoms with van der Waals surface area (Å²) in [6.45, 7) is 1.56. The zero-order chi connectivity index (χ0) is 32.5. The molecule has 46 heavy (non-hydrogen) atoms. The number of carbonyl (C=O) groups excluding carboxylic acids is 2. The summed E-state index contributed by atoms with van der Waals surface area (Å²) in [6, 6.07) is 10.9. The van der Waals surface area contributed by atoms with Gasteiger partial charge in [-0.1, -0.05) is 12.1 Å². The van der Waals surface area contributed by atoms with Gasteiger partial charge < -0.3 is 51.3 Å². The van der Waals surface area contributed by atoms with Crippen molar-refractivity contribution in [2.75, 3.05) is 54.1 Å². The Hall–Kier alpha value is -4.65. The number of hydrogen-bond donors (Lipinski definition) is 7. The number of aromatic nitrogens is 3. The summed E-state index contributed by atoms with van der Waals surface area (Å²) in [4.78, 5) is 42.0. The van der Waals surface area contributed by atoms with E-state index >= 15 is 0 Å². The van der Waals surface area contributed by atoms with Crippen LogP contribution in [-0.4, -0.2) is 75.1 Å². The Labute approximate surface area is 284 Å². The number of anilines is 5. The van der Waals surface area contributed by atoms with Crippen molar-refractivity contribution in [3.63, 3.8) is 0 Å². The summed E-state index contributed by atoms with van der Waals surface area (Å²) in [5, 5.41) is 56.6. The topological polar surface area (TPSA) is 270 Å². The van der Waals surface area contributed by atoms with Crippen molar-refractivity contribution in [1.82, 2.24) is 15.0 Å². The van der Waals surface area contributed by atoms with Gasteiger partial charge in [0.15, 0.2) is 0 Å². The van der Waals surface area contributed by atoms with Crippen molar-refractivity contribution < 1.29 is 64.4 Å². The minimum atomic E-state index is -1.54. The van der Waals surface area contributed by atoms with Gasteiger partial charge >= 0.3 is 35.5 Å². The van der Waals surface area contributed by atoms with E-state index < -0.39 is 11.9 Å². The molecule has 0 aliphatic heterocycles. The van der Waals surface area contributed by atoms with E-state index in [0.717, 1.165) is 5.56 Å². The number of azo groups is 1. The number of aliphatic hydroxyl groups is 2. The van der Waals surface area contributed by atoms with Crippen molar-refractivity contribution in [3.8, 4) is 5.75 Å². The van der Waals surface area contributed by atoms with Gasteiger partial charge in [-0.15, -0.1) is 10.2 Å². The van der Waals surface area contributed by atoms with Gasteiger partial charge in [-0.25, -0.2) is 0 Å². The molecule has 0 saturated carbocycles. The average Bonchev–Trinajstić information content (AvgIpc) is 3.00. The molecule has 18 heteroatoms. The maximum atomic E-state index is 12.1. The van der Waals surface area contributed by atoms with Crippen LogP contribution in [0.1, 0.15) is 22.3 Å². The van der Waals surface area contributed by atoms with Crippen molar-refractivity contribution in [2.45, 2.75) is 13.3 Å². The molecule has 0 saturated heterocycles. The first-order valence-corrected chi connectivity index (χ1v) is 13.6. The van der Waals surface area contributed by atoms with Crippen LogP contribution in [0, 0.1) is 6.92 Å². The molecule has 4 aromatic rings. The molecule has 0 atom stereocenters. The fourth-order valence-electron chi connectivity index (χ4n) is 4.32. The number of aromatic carboxylic acids is 1. The first-order valence-electron chi connectivity index (χ1n) is 13.6. The summed E-state index contributed by atoms with van der Waals surface area (Å²) in [5.74, 6) is 2.69. The van der Waals surface area contributed by atoms with Gasteiger partial charge in [0.05, 0.1) is 42.4 Å². The van der Waals surface area contributed by atoms with Gasteiger partial charge in [-0.3, -0.25) is 4.79 Å². The molecular weight excluding hydrogens is 611 g/mol. The molecule has 0 spiro atoms. The fraction of sp³-hybridized carbons (Fsp3) is 0.250. The second-order valence-corrected chi connectivity index (χ2v) is 9.61. The number of aromatic hydroxyl groups is 1. The van der Waals surface area contributed by atoms with Crippen LogP contribution >= 0.6 is 0 Å². The van der Waals surface area contributed by atoms with E-state index in [1.807, 2.05) is 13.0 Å².